The molecule has 0 aliphatic carbocycles. The molecule has 0 amide bonds. The van der Waals surface area contributed by atoms with Crippen molar-refractivity contribution >= 4 is 0 Å². The fraction of sp³-hybridized carbons (Fsp3) is 0.231. The molecule has 1 aliphatic rings. The van der Waals surface area contributed by atoms with E-state index in [4.69, 9.17) is 9.47 Å². The molecule has 1 aliphatic heterocycles. The van der Waals surface area contributed by atoms with E-state index in [9.17, 15) is 4.79 Å². The quantitative estimate of drug-likeness (QED) is 0.806. The molecule has 2 heterocycles. The Morgan fingerprint density at radius 2 is 2.11 bits per heavy atom. The predicted molar refractivity (Wildman–Crippen MR) is 65.7 cm³/mol. The van der Waals surface area contributed by atoms with Crippen molar-refractivity contribution in [2.24, 2.45) is 0 Å². The first-order valence-corrected chi connectivity index (χ1v) is 5.74. The Balaban J connectivity index is 2.07. The maximum Gasteiger partial charge on any atom is 0.347 e. The monoisotopic (exact) mass is 244 g/mol. The molecule has 3 rings (SSSR count). The lowest BCUT2D eigenvalue weighted by Crippen LogP contribution is -2.21. The second-order valence-corrected chi connectivity index (χ2v) is 3.98. The van der Waals surface area contributed by atoms with E-state index in [0.29, 0.717) is 6.54 Å². The average Bonchev–Trinajstić information content (AvgIpc) is 2.86. The Morgan fingerprint density at radius 1 is 1.28 bits per heavy atom. The van der Waals surface area contributed by atoms with E-state index in [1.54, 1.807) is 17.0 Å². The van der Waals surface area contributed by atoms with E-state index < -0.39 is 0 Å². The van der Waals surface area contributed by atoms with Gasteiger partial charge in [-0.2, -0.15) is 0 Å². The largest absolute Gasteiger partial charge is 0.454 e. The lowest BCUT2D eigenvalue weighted by molar-refractivity contribution is 0.174. The molecule has 0 atom stereocenters. The zero-order valence-corrected chi connectivity index (χ0v) is 9.92. The molecule has 5 nitrogen and oxygen atoms in total. The summed E-state index contributed by atoms with van der Waals surface area (Å²) in [6, 6.07) is 5.68. The van der Waals surface area contributed by atoms with Crippen LogP contribution in [0, 0.1) is 0 Å². The molecule has 0 bridgehead atoms. The number of ether oxygens (including phenoxy) is 2. The van der Waals surface area contributed by atoms with Gasteiger partial charge in [0.1, 0.15) is 0 Å². The first kappa shape index (κ1) is 10.8. The second-order valence-electron chi connectivity index (χ2n) is 3.98. The Bertz CT molecular complexity index is 649. The van der Waals surface area contributed by atoms with E-state index >= 15 is 0 Å². The molecule has 1 aromatic heterocycles. The van der Waals surface area contributed by atoms with Crippen LogP contribution in [-0.4, -0.2) is 16.3 Å². The summed E-state index contributed by atoms with van der Waals surface area (Å²) in [5, 5.41) is 0. The van der Waals surface area contributed by atoms with Crippen molar-refractivity contribution < 1.29 is 9.47 Å². The molecule has 0 radical (unpaired) electrons. The molecule has 2 aromatic rings. The molecule has 92 valence electrons. The summed E-state index contributed by atoms with van der Waals surface area (Å²) < 4.78 is 12.2. The molecule has 0 saturated carbocycles. The van der Waals surface area contributed by atoms with E-state index in [1.807, 2.05) is 25.1 Å². The van der Waals surface area contributed by atoms with Crippen molar-refractivity contribution in [2.45, 2.75) is 13.5 Å². The van der Waals surface area contributed by atoms with Gasteiger partial charge in [-0.25, -0.2) is 9.78 Å². The summed E-state index contributed by atoms with van der Waals surface area (Å²) in [5.41, 5.74) is 1.60. The van der Waals surface area contributed by atoms with Gasteiger partial charge in [-0.3, -0.25) is 4.57 Å². The van der Waals surface area contributed by atoms with Gasteiger partial charge in [0.05, 0.1) is 0 Å². The fourth-order valence-electron chi connectivity index (χ4n) is 1.91. The SMILES string of the molecule is CCn1cc(-c2ccc3c(c2)OCO3)cnc1=O. The number of aryl methyl sites for hydroxylation is 1. The van der Waals surface area contributed by atoms with Crippen molar-refractivity contribution in [3.63, 3.8) is 0 Å². The van der Waals surface area contributed by atoms with Crippen LogP contribution in [0.25, 0.3) is 11.1 Å². The zero-order valence-electron chi connectivity index (χ0n) is 9.92. The van der Waals surface area contributed by atoms with Crippen molar-refractivity contribution in [2.75, 3.05) is 6.79 Å². The second kappa shape index (κ2) is 4.18. The zero-order chi connectivity index (χ0) is 12.5. The molecule has 18 heavy (non-hydrogen) atoms. The van der Waals surface area contributed by atoms with Crippen LogP contribution in [0.1, 0.15) is 6.92 Å². The number of fused-ring (bicyclic) bond motifs is 1. The minimum absolute atomic E-state index is 0.234. The number of hydrogen-bond acceptors (Lipinski definition) is 4. The average molecular weight is 244 g/mol. The molecule has 0 spiro atoms. The maximum absolute atomic E-state index is 11.4. The summed E-state index contributed by atoms with van der Waals surface area (Å²) in [6.45, 7) is 2.77. The third kappa shape index (κ3) is 1.73. The summed E-state index contributed by atoms with van der Waals surface area (Å²) >= 11 is 0. The van der Waals surface area contributed by atoms with Crippen LogP contribution in [0.15, 0.2) is 35.4 Å². The normalized spacial score (nSPS) is 12.7. The summed E-state index contributed by atoms with van der Waals surface area (Å²) in [6.07, 6.45) is 3.37. The molecule has 0 saturated heterocycles. The number of hydrogen-bond donors (Lipinski definition) is 0. The van der Waals surface area contributed by atoms with Gasteiger partial charge in [0.2, 0.25) is 6.79 Å². The first-order valence-electron chi connectivity index (χ1n) is 5.74. The van der Waals surface area contributed by atoms with Gasteiger partial charge < -0.3 is 9.47 Å². The van der Waals surface area contributed by atoms with E-state index in [1.165, 1.54) is 0 Å². The van der Waals surface area contributed by atoms with E-state index in [0.717, 1.165) is 22.6 Å². The van der Waals surface area contributed by atoms with Crippen molar-refractivity contribution in [3.05, 3.63) is 41.1 Å². The van der Waals surface area contributed by atoms with E-state index in [-0.39, 0.29) is 12.5 Å². The molecule has 1 aromatic carbocycles. The Morgan fingerprint density at radius 3 is 2.94 bits per heavy atom. The van der Waals surface area contributed by atoms with Crippen LogP contribution >= 0.6 is 0 Å². The van der Waals surface area contributed by atoms with Gasteiger partial charge in [0, 0.05) is 24.5 Å². The third-order valence-corrected chi connectivity index (χ3v) is 2.90. The summed E-state index contributed by atoms with van der Waals surface area (Å²) in [7, 11) is 0. The Labute approximate surface area is 104 Å². The van der Waals surface area contributed by atoms with Gasteiger partial charge in [0.15, 0.2) is 11.5 Å². The van der Waals surface area contributed by atoms with Crippen LogP contribution in [0.2, 0.25) is 0 Å². The lowest BCUT2D eigenvalue weighted by Gasteiger charge is -2.06. The topological polar surface area (TPSA) is 53.4 Å². The molecule has 0 unspecified atom stereocenters. The standard InChI is InChI=1S/C13H12N2O3/c1-2-15-7-10(6-14-13(15)16)9-3-4-11-12(5-9)18-8-17-11/h3-7H,2,8H2,1H3. The lowest BCUT2D eigenvalue weighted by atomic mass is 10.1. The van der Waals surface area contributed by atoms with Crippen molar-refractivity contribution in [1.29, 1.82) is 0 Å². The number of aromatic nitrogens is 2. The first-order chi connectivity index (χ1) is 8.78. The smallest absolute Gasteiger partial charge is 0.347 e. The Kier molecular flexibility index (Phi) is 2.51. The predicted octanol–water partition coefficient (Wildman–Crippen LogP) is 1.66. The summed E-state index contributed by atoms with van der Waals surface area (Å²) in [4.78, 5) is 15.3. The Hall–Kier alpha value is -2.30. The third-order valence-electron chi connectivity index (χ3n) is 2.90. The van der Waals surface area contributed by atoms with Crippen LogP contribution in [0.4, 0.5) is 0 Å². The van der Waals surface area contributed by atoms with Crippen molar-refractivity contribution in [3.8, 4) is 22.6 Å². The highest BCUT2D eigenvalue weighted by molar-refractivity contribution is 5.66. The molecule has 0 fully saturated rings. The van der Waals surface area contributed by atoms with Crippen molar-refractivity contribution in [1.82, 2.24) is 9.55 Å². The minimum atomic E-state index is -0.234. The highest BCUT2D eigenvalue weighted by Gasteiger charge is 2.14. The molecule has 0 N–H and O–H groups in total. The molecular formula is C13H12N2O3. The van der Waals surface area contributed by atoms with Gasteiger partial charge in [0.25, 0.3) is 0 Å². The summed E-state index contributed by atoms with van der Waals surface area (Å²) in [5.74, 6) is 1.47. The van der Waals surface area contributed by atoms with Gasteiger partial charge in [-0.15, -0.1) is 0 Å². The van der Waals surface area contributed by atoms with E-state index in [2.05, 4.69) is 4.98 Å². The van der Waals surface area contributed by atoms with Crippen LogP contribution < -0.4 is 15.2 Å². The highest BCUT2D eigenvalue weighted by atomic mass is 16.7. The minimum Gasteiger partial charge on any atom is -0.454 e. The molecule has 5 heteroatoms. The number of rotatable bonds is 2. The van der Waals surface area contributed by atoms with Gasteiger partial charge in [-0.1, -0.05) is 6.07 Å². The fourth-order valence-corrected chi connectivity index (χ4v) is 1.91. The van der Waals surface area contributed by atoms with Gasteiger partial charge >= 0.3 is 5.69 Å². The van der Waals surface area contributed by atoms with Gasteiger partial charge in [-0.05, 0) is 24.6 Å². The molecular weight excluding hydrogens is 232 g/mol. The highest BCUT2D eigenvalue weighted by Crippen LogP contribution is 2.35. The maximum atomic E-state index is 11.4. The van der Waals surface area contributed by atoms with Crippen LogP contribution in [0.3, 0.4) is 0 Å². The number of benzene rings is 1. The number of nitrogens with zero attached hydrogens (tertiary/aromatic N) is 2. The van der Waals surface area contributed by atoms with Crippen LogP contribution in [0.5, 0.6) is 11.5 Å². The van der Waals surface area contributed by atoms with Crippen LogP contribution in [-0.2, 0) is 6.54 Å².